The summed E-state index contributed by atoms with van der Waals surface area (Å²) in [4.78, 5) is 20.8. The van der Waals surface area contributed by atoms with E-state index in [0.717, 1.165) is 6.26 Å². The first-order valence-corrected chi connectivity index (χ1v) is 10.2. The second-order valence-electron chi connectivity index (χ2n) is 5.12. The van der Waals surface area contributed by atoms with Gasteiger partial charge in [0.1, 0.15) is 5.69 Å². The van der Waals surface area contributed by atoms with E-state index in [0.29, 0.717) is 16.5 Å². The highest BCUT2D eigenvalue weighted by Crippen LogP contribution is 2.25. The Morgan fingerprint density at radius 3 is 2.68 bits per heavy atom. The molecule has 0 saturated heterocycles. The smallest absolute Gasteiger partial charge is 0.257 e. The molecule has 0 aliphatic rings. The van der Waals surface area contributed by atoms with Crippen LogP contribution in [0.3, 0.4) is 0 Å². The number of benzene rings is 1. The molecule has 0 aliphatic heterocycles. The van der Waals surface area contributed by atoms with Crippen molar-refractivity contribution in [1.82, 2.24) is 9.97 Å². The summed E-state index contributed by atoms with van der Waals surface area (Å²) in [6.45, 7) is 0. The van der Waals surface area contributed by atoms with Crippen LogP contribution in [0.2, 0.25) is 5.02 Å². The number of hydrogen-bond acceptors (Lipinski definition) is 6. The average Bonchev–Trinajstić information content (AvgIpc) is 3.03. The summed E-state index contributed by atoms with van der Waals surface area (Å²) in [5, 5.41) is 4.89. The van der Waals surface area contributed by atoms with E-state index < -0.39 is 15.7 Å². The van der Waals surface area contributed by atoms with E-state index in [1.165, 1.54) is 29.5 Å². The second kappa shape index (κ2) is 6.91. The van der Waals surface area contributed by atoms with Gasteiger partial charge in [0.15, 0.2) is 15.0 Å². The minimum Gasteiger partial charge on any atom is -0.298 e. The van der Waals surface area contributed by atoms with E-state index in [-0.39, 0.29) is 15.5 Å². The third kappa shape index (κ3) is 4.04. The van der Waals surface area contributed by atoms with Crippen LogP contribution in [0.25, 0.3) is 11.4 Å². The molecule has 0 spiro atoms. The molecule has 1 N–H and O–H groups in total. The van der Waals surface area contributed by atoms with E-state index in [4.69, 9.17) is 11.6 Å². The van der Waals surface area contributed by atoms with Crippen molar-refractivity contribution in [2.45, 2.75) is 4.90 Å². The number of carbonyl (C=O) groups is 1. The molecule has 3 rings (SSSR count). The van der Waals surface area contributed by atoms with Gasteiger partial charge in [0.05, 0.1) is 15.6 Å². The lowest BCUT2D eigenvalue weighted by atomic mass is 10.2. The number of nitrogens with zero attached hydrogens (tertiary/aromatic N) is 2. The Morgan fingerprint density at radius 1 is 1.20 bits per heavy atom. The Balaban J connectivity index is 1.83. The van der Waals surface area contributed by atoms with Gasteiger partial charge in [0, 0.05) is 23.4 Å². The van der Waals surface area contributed by atoms with Gasteiger partial charge in [-0.1, -0.05) is 17.7 Å². The van der Waals surface area contributed by atoms with E-state index in [1.54, 1.807) is 17.6 Å². The maximum atomic E-state index is 12.4. The van der Waals surface area contributed by atoms with Gasteiger partial charge in [-0.2, -0.15) is 0 Å². The minimum absolute atomic E-state index is 0.0748. The number of pyridine rings is 1. The first-order valence-electron chi connectivity index (χ1n) is 7.02. The molecule has 0 unspecified atom stereocenters. The molecular weight excluding hydrogens is 382 g/mol. The number of carbonyl (C=O) groups excluding carboxylic acids is 1. The van der Waals surface area contributed by atoms with Gasteiger partial charge >= 0.3 is 0 Å². The lowest BCUT2D eigenvalue weighted by Crippen LogP contribution is -2.12. The van der Waals surface area contributed by atoms with Crippen LogP contribution in [0.1, 0.15) is 10.4 Å². The highest BCUT2D eigenvalue weighted by Gasteiger charge is 2.17. The molecule has 0 radical (unpaired) electrons. The van der Waals surface area contributed by atoms with Gasteiger partial charge in [0.25, 0.3) is 5.91 Å². The Labute approximate surface area is 153 Å². The molecule has 6 nitrogen and oxygen atoms in total. The molecular formula is C16H12ClN3O3S2. The van der Waals surface area contributed by atoms with E-state index >= 15 is 0 Å². The van der Waals surface area contributed by atoms with Gasteiger partial charge in [-0.15, -0.1) is 11.3 Å². The number of hydrogen-bond donors (Lipinski definition) is 1. The number of amides is 1. The first kappa shape index (κ1) is 17.5. The SMILES string of the molecule is CS(=O)(=O)c1cc(C(=O)Nc2nc(-c3ccccn3)cs2)ccc1Cl. The van der Waals surface area contributed by atoms with Crippen molar-refractivity contribution in [3.63, 3.8) is 0 Å². The Hall–Kier alpha value is -2.29. The van der Waals surface area contributed by atoms with Crippen LogP contribution in [0, 0.1) is 0 Å². The lowest BCUT2D eigenvalue weighted by Gasteiger charge is -2.06. The molecule has 2 aromatic heterocycles. The minimum atomic E-state index is -3.53. The van der Waals surface area contributed by atoms with Crippen LogP contribution >= 0.6 is 22.9 Å². The zero-order chi connectivity index (χ0) is 18.0. The van der Waals surface area contributed by atoms with Gasteiger partial charge in [-0.05, 0) is 30.3 Å². The monoisotopic (exact) mass is 393 g/mol. The number of thiazole rings is 1. The first-order chi connectivity index (χ1) is 11.8. The van der Waals surface area contributed by atoms with Crippen molar-refractivity contribution in [3.8, 4) is 11.4 Å². The average molecular weight is 394 g/mol. The summed E-state index contributed by atoms with van der Waals surface area (Å²) in [5.74, 6) is -0.469. The maximum absolute atomic E-state index is 12.4. The van der Waals surface area contributed by atoms with Crippen LogP contribution in [-0.4, -0.2) is 30.5 Å². The van der Waals surface area contributed by atoms with Crippen molar-refractivity contribution < 1.29 is 13.2 Å². The molecule has 25 heavy (non-hydrogen) atoms. The van der Waals surface area contributed by atoms with Gasteiger partial charge in [-0.25, -0.2) is 13.4 Å². The van der Waals surface area contributed by atoms with E-state index in [2.05, 4.69) is 15.3 Å². The number of anilines is 1. The summed E-state index contributed by atoms with van der Waals surface area (Å²) in [6.07, 6.45) is 2.70. The molecule has 0 aliphatic carbocycles. The summed E-state index contributed by atoms with van der Waals surface area (Å²) < 4.78 is 23.4. The van der Waals surface area contributed by atoms with Crippen molar-refractivity contribution in [2.75, 3.05) is 11.6 Å². The van der Waals surface area contributed by atoms with Crippen molar-refractivity contribution in [3.05, 3.63) is 58.6 Å². The van der Waals surface area contributed by atoms with Crippen molar-refractivity contribution >= 4 is 43.8 Å². The molecule has 0 bridgehead atoms. The van der Waals surface area contributed by atoms with E-state index in [9.17, 15) is 13.2 Å². The number of nitrogens with one attached hydrogen (secondary N) is 1. The molecule has 0 fully saturated rings. The second-order valence-corrected chi connectivity index (χ2v) is 8.37. The molecule has 2 heterocycles. The van der Waals surface area contributed by atoms with Crippen LogP contribution in [-0.2, 0) is 9.84 Å². The van der Waals surface area contributed by atoms with Crippen molar-refractivity contribution in [2.24, 2.45) is 0 Å². The topological polar surface area (TPSA) is 89.0 Å². The summed E-state index contributed by atoms with van der Waals surface area (Å²) in [7, 11) is -3.53. The molecule has 1 aromatic carbocycles. The molecule has 128 valence electrons. The van der Waals surface area contributed by atoms with Crippen molar-refractivity contribution in [1.29, 1.82) is 0 Å². The fraction of sp³-hybridized carbons (Fsp3) is 0.0625. The molecule has 9 heteroatoms. The molecule has 1 amide bonds. The zero-order valence-electron chi connectivity index (χ0n) is 12.9. The lowest BCUT2D eigenvalue weighted by molar-refractivity contribution is 0.102. The molecule has 0 atom stereocenters. The van der Waals surface area contributed by atoms with Crippen LogP contribution in [0.5, 0.6) is 0 Å². The highest BCUT2D eigenvalue weighted by atomic mass is 35.5. The van der Waals surface area contributed by atoms with Crippen LogP contribution < -0.4 is 5.32 Å². The third-order valence-corrected chi connectivity index (χ3v) is 5.58. The molecule has 3 aromatic rings. The number of aromatic nitrogens is 2. The quantitative estimate of drug-likeness (QED) is 0.732. The molecule has 0 saturated carbocycles. The summed E-state index contributed by atoms with van der Waals surface area (Å²) >= 11 is 7.14. The zero-order valence-corrected chi connectivity index (χ0v) is 15.3. The summed E-state index contributed by atoms with van der Waals surface area (Å²) in [6, 6.07) is 9.56. The van der Waals surface area contributed by atoms with E-state index in [1.807, 2.05) is 12.1 Å². The normalized spacial score (nSPS) is 11.3. The predicted molar refractivity (Wildman–Crippen MR) is 97.9 cm³/mol. The van der Waals surface area contributed by atoms with Crippen LogP contribution in [0.15, 0.2) is 52.9 Å². The number of sulfone groups is 1. The van der Waals surface area contributed by atoms with Crippen LogP contribution in [0.4, 0.5) is 5.13 Å². The van der Waals surface area contributed by atoms with Gasteiger partial charge in [0.2, 0.25) is 0 Å². The van der Waals surface area contributed by atoms with Gasteiger partial charge in [-0.3, -0.25) is 15.1 Å². The fourth-order valence-electron chi connectivity index (χ4n) is 2.06. The predicted octanol–water partition coefficient (Wildman–Crippen LogP) is 3.51. The Morgan fingerprint density at radius 2 is 2.00 bits per heavy atom. The number of rotatable bonds is 4. The maximum Gasteiger partial charge on any atom is 0.257 e. The highest BCUT2D eigenvalue weighted by molar-refractivity contribution is 7.90. The largest absolute Gasteiger partial charge is 0.298 e. The standard InChI is InChI=1S/C16H12ClN3O3S2/c1-25(22,23)14-8-10(5-6-11(14)17)15(21)20-16-19-13(9-24-16)12-4-2-3-7-18-12/h2-9H,1H3,(H,19,20,21). The summed E-state index contributed by atoms with van der Waals surface area (Å²) in [5.41, 5.74) is 1.53. The fourth-order valence-corrected chi connectivity index (χ4v) is 4.06. The number of halogens is 1. The Kier molecular flexibility index (Phi) is 4.85. The third-order valence-electron chi connectivity index (χ3n) is 3.24. The van der Waals surface area contributed by atoms with Gasteiger partial charge < -0.3 is 0 Å². The Bertz CT molecular complexity index is 1030.